The average Bonchev–Trinajstić information content (AvgIpc) is 3.08. The van der Waals surface area contributed by atoms with Crippen LogP contribution in [0.1, 0.15) is 73.2 Å². The van der Waals surface area contributed by atoms with Crippen molar-refractivity contribution in [1.29, 1.82) is 0 Å². The fraction of sp³-hybridized carbons (Fsp3) is 0.765. The van der Waals surface area contributed by atoms with Crippen LogP contribution in [0.5, 0.6) is 0 Å². The Morgan fingerprint density at radius 1 is 1.21 bits per heavy atom. The lowest BCUT2D eigenvalue weighted by Gasteiger charge is -2.23. The minimum absolute atomic E-state index is 0.651. The average molecular weight is 277 g/mol. The molecule has 0 spiro atoms. The molecule has 0 amide bonds. The molecule has 0 saturated heterocycles. The van der Waals surface area contributed by atoms with E-state index in [2.05, 4.69) is 29.6 Å². The number of rotatable bonds is 5. The number of nitrogens with one attached hydrogen (secondary N) is 1. The maximum atomic E-state index is 3.85. The molecule has 1 N–H and O–H groups in total. The Morgan fingerprint density at radius 2 is 2.00 bits per heavy atom. The second-order valence-corrected chi connectivity index (χ2v) is 7.45. The fourth-order valence-electron chi connectivity index (χ4n) is 3.76. The Morgan fingerprint density at radius 3 is 2.74 bits per heavy atom. The third-order valence-electron chi connectivity index (χ3n) is 4.81. The van der Waals surface area contributed by atoms with Gasteiger partial charge in [-0.15, -0.1) is 11.3 Å². The lowest BCUT2D eigenvalue weighted by atomic mass is 9.94. The van der Waals surface area contributed by atoms with Crippen LogP contribution in [-0.2, 0) is 12.8 Å². The Bertz CT molecular complexity index is 380. The van der Waals surface area contributed by atoms with E-state index >= 15 is 0 Å². The number of fused-ring (bicyclic) bond motifs is 1. The molecule has 2 heteroatoms. The summed E-state index contributed by atoms with van der Waals surface area (Å²) in [6, 6.07) is 3.20. The summed E-state index contributed by atoms with van der Waals surface area (Å²) in [6.45, 7) is 3.45. The van der Waals surface area contributed by atoms with Gasteiger partial charge in [-0.2, -0.15) is 0 Å². The molecule has 1 fully saturated rings. The summed E-state index contributed by atoms with van der Waals surface area (Å²) in [5.41, 5.74) is 1.67. The highest BCUT2D eigenvalue weighted by Crippen LogP contribution is 2.40. The number of aryl methyl sites for hydroxylation is 2. The molecule has 0 bridgehead atoms. The van der Waals surface area contributed by atoms with Gasteiger partial charge in [0.1, 0.15) is 0 Å². The third-order valence-corrected chi connectivity index (χ3v) is 6.13. The van der Waals surface area contributed by atoms with E-state index < -0.39 is 0 Å². The number of thiophene rings is 1. The van der Waals surface area contributed by atoms with Crippen molar-refractivity contribution in [3.8, 4) is 0 Å². The number of hydrogen-bond donors (Lipinski definition) is 1. The molecule has 1 nitrogen and oxygen atoms in total. The summed E-state index contributed by atoms with van der Waals surface area (Å²) in [7, 11) is 0. The molecule has 1 aromatic rings. The van der Waals surface area contributed by atoms with Gasteiger partial charge in [0.05, 0.1) is 0 Å². The molecule has 1 aromatic heterocycles. The lowest BCUT2D eigenvalue weighted by molar-refractivity contribution is 0.373. The van der Waals surface area contributed by atoms with Gasteiger partial charge >= 0.3 is 0 Å². The first-order chi connectivity index (χ1) is 9.38. The SMILES string of the molecule is CCCNC(c1cc2c(s1)CCCC2)C1CCCC1. The van der Waals surface area contributed by atoms with E-state index in [1.807, 2.05) is 0 Å². The van der Waals surface area contributed by atoms with E-state index in [4.69, 9.17) is 0 Å². The van der Waals surface area contributed by atoms with Crippen molar-refractivity contribution >= 4 is 11.3 Å². The van der Waals surface area contributed by atoms with Crippen molar-refractivity contribution in [1.82, 2.24) is 5.32 Å². The maximum absolute atomic E-state index is 3.85. The van der Waals surface area contributed by atoms with E-state index in [9.17, 15) is 0 Å². The highest BCUT2D eigenvalue weighted by Gasteiger charge is 2.28. The predicted molar refractivity (Wildman–Crippen MR) is 84.0 cm³/mol. The Kier molecular flexibility index (Phi) is 4.60. The van der Waals surface area contributed by atoms with Crippen LogP contribution in [-0.4, -0.2) is 6.54 Å². The van der Waals surface area contributed by atoms with E-state index in [0.29, 0.717) is 6.04 Å². The highest BCUT2D eigenvalue weighted by atomic mass is 32.1. The Balaban J connectivity index is 1.79. The Hall–Kier alpha value is -0.340. The molecule has 3 rings (SSSR count). The normalized spacial score (nSPS) is 21.5. The molecule has 1 heterocycles. The molecule has 0 aliphatic heterocycles. The zero-order valence-corrected chi connectivity index (χ0v) is 13.0. The molecule has 1 unspecified atom stereocenters. The van der Waals surface area contributed by atoms with Gasteiger partial charge in [-0.3, -0.25) is 0 Å². The second-order valence-electron chi connectivity index (χ2n) is 6.28. The molecule has 106 valence electrons. The van der Waals surface area contributed by atoms with E-state index in [0.717, 1.165) is 5.92 Å². The Labute approximate surface area is 121 Å². The summed E-state index contributed by atoms with van der Waals surface area (Å²) in [5.74, 6) is 0.895. The summed E-state index contributed by atoms with van der Waals surface area (Å²) in [6.07, 6.45) is 12.5. The minimum Gasteiger partial charge on any atom is -0.309 e. The van der Waals surface area contributed by atoms with Gasteiger partial charge in [0.25, 0.3) is 0 Å². The van der Waals surface area contributed by atoms with Crippen LogP contribution in [0.4, 0.5) is 0 Å². The summed E-state index contributed by atoms with van der Waals surface area (Å²) >= 11 is 2.12. The van der Waals surface area contributed by atoms with Gasteiger partial charge in [-0.1, -0.05) is 19.8 Å². The first kappa shape index (κ1) is 13.6. The topological polar surface area (TPSA) is 12.0 Å². The largest absolute Gasteiger partial charge is 0.309 e. The molecule has 19 heavy (non-hydrogen) atoms. The van der Waals surface area contributed by atoms with Crippen LogP contribution < -0.4 is 5.32 Å². The smallest absolute Gasteiger partial charge is 0.0443 e. The van der Waals surface area contributed by atoms with Crippen molar-refractivity contribution in [2.24, 2.45) is 5.92 Å². The molecular formula is C17H27NS. The third kappa shape index (κ3) is 3.05. The van der Waals surface area contributed by atoms with Crippen molar-refractivity contribution in [2.45, 2.75) is 70.8 Å². The summed E-state index contributed by atoms with van der Waals surface area (Å²) in [4.78, 5) is 3.34. The van der Waals surface area contributed by atoms with Crippen LogP contribution in [0, 0.1) is 5.92 Å². The van der Waals surface area contributed by atoms with Crippen LogP contribution in [0.3, 0.4) is 0 Å². The van der Waals surface area contributed by atoms with Crippen molar-refractivity contribution < 1.29 is 0 Å². The lowest BCUT2D eigenvalue weighted by Crippen LogP contribution is -2.27. The first-order valence-electron chi connectivity index (χ1n) is 8.23. The molecule has 1 atom stereocenters. The molecule has 0 radical (unpaired) electrons. The molecule has 2 aliphatic carbocycles. The van der Waals surface area contributed by atoms with E-state index in [1.165, 1.54) is 64.3 Å². The second kappa shape index (κ2) is 6.41. The first-order valence-corrected chi connectivity index (χ1v) is 9.05. The standard InChI is InChI=1S/C17H27NS/c1-2-11-18-17(13-7-3-4-8-13)16-12-14-9-5-6-10-15(14)19-16/h12-13,17-18H,2-11H2,1H3. The van der Waals surface area contributed by atoms with Gasteiger partial charge in [0.15, 0.2) is 0 Å². The van der Waals surface area contributed by atoms with Gasteiger partial charge in [0, 0.05) is 15.8 Å². The van der Waals surface area contributed by atoms with E-state index in [1.54, 1.807) is 15.3 Å². The quantitative estimate of drug-likeness (QED) is 0.810. The molecule has 2 aliphatic rings. The zero-order chi connectivity index (χ0) is 13.1. The van der Waals surface area contributed by atoms with Gasteiger partial charge < -0.3 is 5.32 Å². The molecular weight excluding hydrogens is 250 g/mol. The molecule has 0 aromatic carbocycles. The summed E-state index contributed by atoms with van der Waals surface area (Å²) in [5, 5.41) is 3.85. The van der Waals surface area contributed by atoms with Gasteiger partial charge in [-0.05, 0) is 69.0 Å². The monoisotopic (exact) mass is 277 g/mol. The van der Waals surface area contributed by atoms with Gasteiger partial charge in [-0.25, -0.2) is 0 Å². The molecule has 1 saturated carbocycles. The van der Waals surface area contributed by atoms with Crippen LogP contribution in [0.2, 0.25) is 0 Å². The van der Waals surface area contributed by atoms with Crippen LogP contribution >= 0.6 is 11.3 Å². The van der Waals surface area contributed by atoms with Crippen LogP contribution in [0.25, 0.3) is 0 Å². The predicted octanol–water partition coefficient (Wildman–Crippen LogP) is 4.86. The fourth-order valence-corrected chi connectivity index (χ4v) is 5.18. The van der Waals surface area contributed by atoms with Crippen molar-refractivity contribution in [2.75, 3.05) is 6.54 Å². The highest BCUT2D eigenvalue weighted by molar-refractivity contribution is 7.12. The van der Waals surface area contributed by atoms with Gasteiger partial charge in [0.2, 0.25) is 0 Å². The maximum Gasteiger partial charge on any atom is 0.0443 e. The number of hydrogen-bond acceptors (Lipinski definition) is 2. The van der Waals surface area contributed by atoms with Crippen LogP contribution in [0.15, 0.2) is 6.07 Å². The van der Waals surface area contributed by atoms with Crippen molar-refractivity contribution in [3.63, 3.8) is 0 Å². The minimum atomic E-state index is 0.651. The summed E-state index contributed by atoms with van der Waals surface area (Å²) < 4.78 is 0. The van der Waals surface area contributed by atoms with Crippen molar-refractivity contribution in [3.05, 3.63) is 21.4 Å². The van der Waals surface area contributed by atoms with E-state index in [-0.39, 0.29) is 0 Å². The zero-order valence-electron chi connectivity index (χ0n) is 12.2.